The minimum Gasteiger partial charge on any atom is -0.383 e. The first-order valence-electron chi connectivity index (χ1n) is 6.41. The van der Waals surface area contributed by atoms with Crippen LogP contribution in [0, 0.1) is 5.82 Å². The lowest BCUT2D eigenvalue weighted by Crippen LogP contribution is -2.45. The van der Waals surface area contributed by atoms with Gasteiger partial charge >= 0.3 is 0 Å². The Morgan fingerprint density at radius 1 is 1.35 bits per heavy atom. The van der Waals surface area contributed by atoms with Crippen molar-refractivity contribution in [3.63, 3.8) is 0 Å². The van der Waals surface area contributed by atoms with Gasteiger partial charge in [0.15, 0.2) is 5.96 Å². The quantitative estimate of drug-likeness (QED) is 0.785. The maximum absolute atomic E-state index is 12.9. The Morgan fingerprint density at radius 3 is 2.70 bits per heavy atom. The molecule has 2 N–H and O–H groups in total. The van der Waals surface area contributed by atoms with Crippen LogP contribution in [0.25, 0.3) is 0 Å². The lowest BCUT2D eigenvalue weighted by molar-refractivity contribution is -0.123. The van der Waals surface area contributed by atoms with Gasteiger partial charge in [-0.1, -0.05) is 12.1 Å². The van der Waals surface area contributed by atoms with E-state index in [1.807, 2.05) is 0 Å². The number of carbonyl (C=O) groups excluding carboxylic acids is 1. The van der Waals surface area contributed by atoms with Crippen LogP contribution in [-0.2, 0) is 16.0 Å². The summed E-state index contributed by atoms with van der Waals surface area (Å²) < 4.78 is 17.8. The van der Waals surface area contributed by atoms with Crippen molar-refractivity contribution >= 4 is 11.9 Å². The Bertz CT molecular complexity index is 516. The highest BCUT2D eigenvalue weighted by Gasteiger charge is 2.40. The predicted octanol–water partition coefficient (Wildman–Crippen LogP) is 0.849. The summed E-state index contributed by atoms with van der Waals surface area (Å²) >= 11 is 0. The molecule has 1 aliphatic heterocycles. The molecule has 0 radical (unpaired) electrons. The van der Waals surface area contributed by atoms with Gasteiger partial charge < -0.3 is 10.1 Å². The summed E-state index contributed by atoms with van der Waals surface area (Å²) in [4.78, 5) is 16.3. The van der Waals surface area contributed by atoms with E-state index in [0.717, 1.165) is 5.56 Å². The molecule has 0 bridgehead atoms. The molecule has 0 aromatic heterocycles. The maximum Gasteiger partial charge on any atom is 0.252 e. The molecule has 1 heterocycles. The van der Waals surface area contributed by atoms with Gasteiger partial charge in [-0.05, 0) is 24.6 Å². The van der Waals surface area contributed by atoms with Gasteiger partial charge in [0.05, 0.1) is 13.2 Å². The van der Waals surface area contributed by atoms with Gasteiger partial charge in [-0.3, -0.25) is 15.1 Å². The van der Waals surface area contributed by atoms with Crippen molar-refractivity contribution in [2.24, 2.45) is 4.99 Å². The zero-order chi connectivity index (χ0) is 14.6. The second kappa shape index (κ2) is 6.00. The normalized spacial score (nSPS) is 23.8. The van der Waals surface area contributed by atoms with Crippen molar-refractivity contribution in [2.45, 2.75) is 18.9 Å². The third-order valence-electron chi connectivity index (χ3n) is 3.16. The fourth-order valence-electron chi connectivity index (χ4n) is 2.06. The summed E-state index contributed by atoms with van der Waals surface area (Å²) in [6.07, 6.45) is 0.461. The van der Waals surface area contributed by atoms with Gasteiger partial charge in [0, 0.05) is 13.5 Å². The molecule has 1 unspecified atom stereocenters. The first kappa shape index (κ1) is 14.5. The van der Waals surface area contributed by atoms with Crippen LogP contribution in [0.5, 0.6) is 0 Å². The largest absolute Gasteiger partial charge is 0.383 e. The molecular formula is C14H18FN3O2. The molecule has 1 atom stereocenters. The highest BCUT2D eigenvalue weighted by molar-refractivity contribution is 6.08. The van der Waals surface area contributed by atoms with E-state index in [0.29, 0.717) is 25.5 Å². The molecule has 0 aliphatic carbocycles. The molecule has 0 spiro atoms. The van der Waals surface area contributed by atoms with Gasteiger partial charge in [-0.15, -0.1) is 0 Å². The zero-order valence-corrected chi connectivity index (χ0v) is 11.6. The number of halogens is 1. The number of guanidine groups is 1. The van der Waals surface area contributed by atoms with E-state index < -0.39 is 5.54 Å². The van der Waals surface area contributed by atoms with Crippen LogP contribution in [0.1, 0.15) is 12.5 Å². The number of aliphatic imine (C=N–C) groups is 1. The maximum atomic E-state index is 12.9. The smallest absolute Gasteiger partial charge is 0.252 e. The van der Waals surface area contributed by atoms with Crippen molar-refractivity contribution < 1.29 is 13.9 Å². The molecular weight excluding hydrogens is 261 g/mol. The van der Waals surface area contributed by atoms with Crippen LogP contribution in [-0.4, -0.2) is 37.7 Å². The Hall–Kier alpha value is -1.95. The van der Waals surface area contributed by atoms with Crippen molar-refractivity contribution in [1.82, 2.24) is 10.6 Å². The lowest BCUT2D eigenvalue weighted by Gasteiger charge is -2.21. The van der Waals surface area contributed by atoms with E-state index >= 15 is 0 Å². The summed E-state index contributed by atoms with van der Waals surface area (Å²) in [5.41, 5.74) is 0.110. The number of nitrogens with one attached hydrogen (secondary N) is 2. The lowest BCUT2D eigenvalue weighted by atomic mass is 9.93. The number of nitrogens with zero attached hydrogens (tertiary/aromatic N) is 1. The van der Waals surface area contributed by atoms with Gasteiger partial charge in [0.1, 0.15) is 11.4 Å². The van der Waals surface area contributed by atoms with Gasteiger partial charge in [0.25, 0.3) is 5.91 Å². The molecule has 1 amide bonds. The molecule has 1 aromatic carbocycles. The van der Waals surface area contributed by atoms with Crippen LogP contribution >= 0.6 is 0 Å². The van der Waals surface area contributed by atoms with Crippen LogP contribution in [0.2, 0.25) is 0 Å². The average molecular weight is 279 g/mol. The first-order valence-corrected chi connectivity index (χ1v) is 6.41. The van der Waals surface area contributed by atoms with Gasteiger partial charge in [-0.2, -0.15) is 0 Å². The van der Waals surface area contributed by atoms with Crippen molar-refractivity contribution in [3.05, 3.63) is 35.6 Å². The Balaban J connectivity index is 2.04. The number of methoxy groups -OCH3 is 1. The van der Waals surface area contributed by atoms with Gasteiger partial charge in [-0.25, -0.2) is 4.39 Å². The molecule has 0 saturated carbocycles. The molecule has 5 nitrogen and oxygen atoms in total. The molecule has 6 heteroatoms. The van der Waals surface area contributed by atoms with Crippen LogP contribution < -0.4 is 10.6 Å². The second-order valence-electron chi connectivity index (χ2n) is 4.94. The number of rotatable bonds is 5. The molecule has 1 saturated heterocycles. The average Bonchev–Trinajstić information content (AvgIpc) is 2.68. The predicted molar refractivity (Wildman–Crippen MR) is 74.0 cm³/mol. The highest BCUT2D eigenvalue weighted by Crippen LogP contribution is 2.17. The summed E-state index contributed by atoms with van der Waals surface area (Å²) in [6, 6.07) is 6.13. The molecule has 1 aliphatic rings. The number of hydrogen-bond acceptors (Lipinski definition) is 3. The SMILES string of the molecule is COCCN=C1NC(=O)C(C)(Cc2ccc(F)cc2)N1. The van der Waals surface area contributed by atoms with Crippen LogP contribution in [0.4, 0.5) is 4.39 Å². The summed E-state index contributed by atoms with van der Waals surface area (Å²) in [5, 5.41) is 5.78. The van der Waals surface area contributed by atoms with E-state index in [-0.39, 0.29) is 11.7 Å². The third kappa shape index (κ3) is 3.33. The minimum atomic E-state index is -0.774. The topological polar surface area (TPSA) is 62.7 Å². The summed E-state index contributed by atoms with van der Waals surface area (Å²) in [5.74, 6) is 0.0270. The molecule has 1 aromatic rings. The Kier molecular flexibility index (Phi) is 4.34. The number of ether oxygens (including phenoxy) is 1. The van der Waals surface area contributed by atoms with E-state index in [9.17, 15) is 9.18 Å². The number of benzene rings is 1. The first-order chi connectivity index (χ1) is 9.53. The molecule has 1 fully saturated rings. The van der Waals surface area contributed by atoms with Crippen molar-refractivity contribution in [2.75, 3.05) is 20.3 Å². The Morgan fingerprint density at radius 2 is 2.05 bits per heavy atom. The minimum absolute atomic E-state index is 0.141. The van der Waals surface area contributed by atoms with Crippen molar-refractivity contribution in [1.29, 1.82) is 0 Å². The van der Waals surface area contributed by atoms with E-state index in [1.165, 1.54) is 12.1 Å². The Labute approximate surface area is 117 Å². The number of amides is 1. The van der Waals surface area contributed by atoms with Crippen molar-refractivity contribution in [3.8, 4) is 0 Å². The third-order valence-corrected chi connectivity index (χ3v) is 3.16. The standard InChI is InChI=1S/C14H18FN3O2/c1-14(9-10-3-5-11(15)6-4-10)12(19)17-13(18-14)16-7-8-20-2/h3-6H,7-9H2,1-2H3,(H2,16,17,18,19). The van der Waals surface area contributed by atoms with Gasteiger partial charge in [0.2, 0.25) is 0 Å². The fraction of sp³-hybridized carbons (Fsp3) is 0.429. The number of carbonyl (C=O) groups is 1. The van der Waals surface area contributed by atoms with Crippen LogP contribution in [0.3, 0.4) is 0 Å². The molecule has 108 valence electrons. The number of hydrogen-bond donors (Lipinski definition) is 2. The van der Waals surface area contributed by atoms with E-state index in [2.05, 4.69) is 15.6 Å². The summed E-state index contributed by atoms with van der Waals surface area (Å²) in [6.45, 7) is 2.77. The molecule has 2 rings (SSSR count). The fourth-order valence-corrected chi connectivity index (χ4v) is 2.06. The monoisotopic (exact) mass is 279 g/mol. The van der Waals surface area contributed by atoms with E-state index in [1.54, 1.807) is 26.2 Å². The summed E-state index contributed by atoms with van der Waals surface area (Å²) in [7, 11) is 1.60. The zero-order valence-electron chi connectivity index (χ0n) is 11.6. The van der Waals surface area contributed by atoms with E-state index in [4.69, 9.17) is 4.74 Å². The molecule has 20 heavy (non-hydrogen) atoms. The van der Waals surface area contributed by atoms with Crippen LogP contribution in [0.15, 0.2) is 29.3 Å². The highest BCUT2D eigenvalue weighted by atomic mass is 19.1. The second-order valence-corrected chi connectivity index (χ2v) is 4.94.